The molecule has 2 amide bonds. The molecular weight excluding hydrogens is 244 g/mol. The van der Waals surface area contributed by atoms with Crippen LogP contribution in [0.15, 0.2) is 18.5 Å². The van der Waals surface area contributed by atoms with E-state index in [0.29, 0.717) is 13.1 Å². The van der Waals surface area contributed by atoms with Crippen LogP contribution in [0.1, 0.15) is 26.7 Å². The van der Waals surface area contributed by atoms with Crippen molar-refractivity contribution in [2.24, 2.45) is 0 Å². The normalized spacial score (nSPS) is 20.3. The van der Waals surface area contributed by atoms with E-state index in [4.69, 9.17) is 0 Å². The zero-order chi connectivity index (χ0) is 13.8. The number of nitrogens with one attached hydrogen (secondary N) is 1. The van der Waals surface area contributed by atoms with Gasteiger partial charge >= 0.3 is 0 Å². The summed E-state index contributed by atoms with van der Waals surface area (Å²) in [6.45, 7) is 4.76. The van der Waals surface area contributed by atoms with Gasteiger partial charge in [0, 0.05) is 31.9 Å². The molecule has 1 aromatic heterocycles. The fourth-order valence-electron chi connectivity index (χ4n) is 2.49. The van der Waals surface area contributed by atoms with Crippen molar-refractivity contribution in [3.05, 3.63) is 18.5 Å². The monoisotopic (exact) mass is 264 g/mol. The summed E-state index contributed by atoms with van der Waals surface area (Å²) in [6, 6.07) is 1.53. The average molecular weight is 264 g/mol. The predicted molar refractivity (Wildman–Crippen MR) is 70.2 cm³/mol. The summed E-state index contributed by atoms with van der Waals surface area (Å²) in [5, 5.41) is 7.06. The minimum atomic E-state index is -0.308. The van der Waals surface area contributed by atoms with E-state index in [-0.39, 0.29) is 23.9 Å². The van der Waals surface area contributed by atoms with Gasteiger partial charge in [-0.1, -0.05) is 0 Å². The fraction of sp³-hybridized carbons (Fsp3) is 0.615. The molecule has 2 atom stereocenters. The zero-order valence-corrected chi connectivity index (χ0v) is 11.4. The summed E-state index contributed by atoms with van der Waals surface area (Å²) in [5.41, 5.74) is 0. The van der Waals surface area contributed by atoms with E-state index < -0.39 is 0 Å². The Hall–Kier alpha value is -1.85. The van der Waals surface area contributed by atoms with Crippen molar-refractivity contribution in [1.82, 2.24) is 20.0 Å². The topological polar surface area (TPSA) is 67.2 Å². The molecule has 1 aromatic rings. The Labute approximate surface area is 112 Å². The van der Waals surface area contributed by atoms with Crippen molar-refractivity contribution >= 4 is 11.8 Å². The molecule has 6 nitrogen and oxygen atoms in total. The SMILES string of the molecule is CC(=O)N1CCC[C@H]1C(=O)N[C@@H](C)Cn1cccn1. The van der Waals surface area contributed by atoms with Crippen molar-refractivity contribution in [3.8, 4) is 0 Å². The van der Waals surface area contributed by atoms with E-state index in [9.17, 15) is 9.59 Å². The lowest BCUT2D eigenvalue weighted by molar-refractivity contribution is -0.137. The van der Waals surface area contributed by atoms with Crippen LogP contribution in [0.2, 0.25) is 0 Å². The third kappa shape index (κ3) is 3.33. The van der Waals surface area contributed by atoms with Crippen molar-refractivity contribution in [3.63, 3.8) is 0 Å². The van der Waals surface area contributed by atoms with Gasteiger partial charge in [0.2, 0.25) is 11.8 Å². The first-order chi connectivity index (χ1) is 9.08. The summed E-state index contributed by atoms with van der Waals surface area (Å²) < 4.78 is 1.78. The molecule has 0 radical (unpaired) electrons. The summed E-state index contributed by atoms with van der Waals surface area (Å²) >= 11 is 0. The highest BCUT2D eigenvalue weighted by Gasteiger charge is 2.32. The minimum Gasteiger partial charge on any atom is -0.350 e. The van der Waals surface area contributed by atoms with E-state index in [1.54, 1.807) is 15.8 Å². The Morgan fingerprint density at radius 1 is 1.53 bits per heavy atom. The standard InChI is InChI=1S/C13H20N4O2/c1-10(9-16-7-4-6-14-16)15-13(19)12-5-3-8-17(12)11(2)18/h4,6-7,10,12H,3,5,8-9H2,1-2H3,(H,15,19)/t10-,12-/m0/s1. The van der Waals surface area contributed by atoms with Crippen LogP contribution in [0.4, 0.5) is 0 Å². The van der Waals surface area contributed by atoms with Gasteiger partial charge in [-0.3, -0.25) is 14.3 Å². The molecule has 19 heavy (non-hydrogen) atoms. The van der Waals surface area contributed by atoms with Crippen LogP contribution in [0, 0.1) is 0 Å². The van der Waals surface area contributed by atoms with Gasteiger partial charge in [0.1, 0.15) is 6.04 Å². The maximum atomic E-state index is 12.2. The van der Waals surface area contributed by atoms with Crippen LogP contribution < -0.4 is 5.32 Å². The summed E-state index contributed by atoms with van der Waals surface area (Å²) in [5.74, 6) is -0.0928. The molecule has 2 heterocycles. The van der Waals surface area contributed by atoms with Gasteiger partial charge in [-0.2, -0.15) is 5.10 Å². The molecule has 0 aliphatic carbocycles. The van der Waals surface area contributed by atoms with E-state index in [0.717, 1.165) is 12.8 Å². The number of hydrogen-bond acceptors (Lipinski definition) is 3. The number of hydrogen-bond donors (Lipinski definition) is 1. The molecule has 0 saturated carbocycles. The molecule has 6 heteroatoms. The second-order valence-corrected chi connectivity index (χ2v) is 5.01. The van der Waals surface area contributed by atoms with E-state index in [1.807, 2.05) is 19.2 Å². The number of nitrogens with zero attached hydrogens (tertiary/aromatic N) is 3. The Bertz CT molecular complexity index is 444. The molecule has 0 aromatic carbocycles. The van der Waals surface area contributed by atoms with Crippen LogP contribution in [0.5, 0.6) is 0 Å². The second-order valence-electron chi connectivity index (χ2n) is 5.01. The van der Waals surface area contributed by atoms with Crippen molar-refractivity contribution in [2.45, 2.75) is 45.3 Å². The van der Waals surface area contributed by atoms with Gasteiger partial charge in [-0.05, 0) is 25.8 Å². The Balaban J connectivity index is 1.88. The summed E-state index contributed by atoms with van der Waals surface area (Å²) in [6.07, 6.45) is 5.22. The molecule has 1 aliphatic rings. The number of carbonyl (C=O) groups is 2. The lowest BCUT2D eigenvalue weighted by atomic mass is 10.2. The van der Waals surface area contributed by atoms with Crippen LogP contribution in [-0.4, -0.2) is 45.1 Å². The molecule has 0 bridgehead atoms. The fourth-order valence-corrected chi connectivity index (χ4v) is 2.49. The number of rotatable bonds is 4. The highest BCUT2D eigenvalue weighted by Crippen LogP contribution is 2.17. The number of aromatic nitrogens is 2. The number of amides is 2. The van der Waals surface area contributed by atoms with Gasteiger partial charge in [0.15, 0.2) is 0 Å². The molecule has 0 spiro atoms. The van der Waals surface area contributed by atoms with Crippen LogP contribution >= 0.6 is 0 Å². The molecule has 1 saturated heterocycles. The second kappa shape index (κ2) is 5.86. The number of carbonyl (C=O) groups excluding carboxylic acids is 2. The Morgan fingerprint density at radius 3 is 2.95 bits per heavy atom. The summed E-state index contributed by atoms with van der Waals surface area (Å²) in [4.78, 5) is 25.2. The van der Waals surface area contributed by atoms with Crippen LogP contribution in [0.25, 0.3) is 0 Å². The van der Waals surface area contributed by atoms with Gasteiger partial charge in [0.25, 0.3) is 0 Å². The molecule has 104 valence electrons. The highest BCUT2D eigenvalue weighted by molar-refractivity contribution is 5.87. The van der Waals surface area contributed by atoms with Gasteiger partial charge in [-0.15, -0.1) is 0 Å². The highest BCUT2D eigenvalue weighted by atomic mass is 16.2. The molecule has 1 aliphatic heterocycles. The summed E-state index contributed by atoms with van der Waals surface area (Å²) in [7, 11) is 0. The third-order valence-corrected chi connectivity index (χ3v) is 3.37. The third-order valence-electron chi connectivity index (χ3n) is 3.37. The molecule has 1 fully saturated rings. The first kappa shape index (κ1) is 13.6. The van der Waals surface area contributed by atoms with E-state index >= 15 is 0 Å². The Kier molecular flexibility index (Phi) is 4.19. The molecular formula is C13H20N4O2. The smallest absolute Gasteiger partial charge is 0.243 e. The lowest BCUT2D eigenvalue weighted by Gasteiger charge is -2.24. The first-order valence-corrected chi connectivity index (χ1v) is 6.63. The van der Waals surface area contributed by atoms with Gasteiger partial charge in [0.05, 0.1) is 6.54 Å². The maximum absolute atomic E-state index is 12.2. The van der Waals surface area contributed by atoms with Gasteiger partial charge in [-0.25, -0.2) is 0 Å². The van der Waals surface area contributed by atoms with E-state index in [2.05, 4.69) is 10.4 Å². The van der Waals surface area contributed by atoms with Gasteiger partial charge < -0.3 is 10.2 Å². The average Bonchev–Trinajstić information content (AvgIpc) is 2.97. The quantitative estimate of drug-likeness (QED) is 0.856. The molecule has 2 rings (SSSR count). The zero-order valence-electron chi connectivity index (χ0n) is 11.4. The van der Waals surface area contributed by atoms with Crippen molar-refractivity contribution < 1.29 is 9.59 Å². The van der Waals surface area contributed by atoms with Crippen molar-refractivity contribution in [1.29, 1.82) is 0 Å². The van der Waals surface area contributed by atoms with Crippen LogP contribution in [-0.2, 0) is 16.1 Å². The van der Waals surface area contributed by atoms with E-state index in [1.165, 1.54) is 6.92 Å². The maximum Gasteiger partial charge on any atom is 0.243 e. The lowest BCUT2D eigenvalue weighted by Crippen LogP contribution is -2.48. The molecule has 0 unspecified atom stereocenters. The Morgan fingerprint density at radius 2 is 2.32 bits per heavy atom. The van der Waals surface area contributed by atoms with Crippen molar-refractivity contribution in [2.75, 3.05) is 6.54 Å². The van der Waals surface area contributed by atoms with Crippen LogP contribution in [0.3, 0.4) is 0 Å². The minimum absolute atomic E-state index is 0.0122. The largest absolute Gasteiger partial charge is 0.350 e. The first-order valence-electron chi connectivity index (χ1n) is 6.63. The predicted octanol–water partition coefficient (Wildman–Crippen LogP) is 0.399. The number of likely N-dealkylation sites (tertiary alicyclic amines) is 1. The molecule has 1 N–H and O–H groups in total.